The maximum atomic E-state index is 14.1. The average Bonchev–Trinajstić information content (AvgIpc) is 3.23. The lowest BCUT2D eigenvalue weighted by Gasteiger charge is -2.13. The van der Waals surface area contributed by atoms with E-state index in [9.17, 15) is 18.4 Å². The number of hydrogen-bond donors (Lipinski definition) is 2. The molecule has 3 rings (SSSR count). The van der Waals surface area contributed by atoms with Gasteiger partial charge in [0.25, 0.3) is 5.91 Å². The largest absolute Gasteiger partial charge is 0.351 e. The second-order valence-corrected chi connectivity index (χ2v) is 7.67. The maximum Gasteiger partial charge on any atom is 0.254 e. The smallest absolute Gasteiger partial charge is 0.254 e. The molecule has 1 fully saturated rings. The van der Waals surface area contributed by atoms with Gasteiger partial charge in [-0.2, -0.15) is 0 Å². The van der Waals surface area contributed by atoms with Crippen molar-refractivity contribution in [3.05, 3.63) is 53.7 Å². The number of amides is 2. The van der Waals surface area contributed by atoms with Crippen LogP contribution in [-0.2, 0) is 4.79 Å². The highest BCUT2D eigenvalue weighted by atomic mass is 32.2. The van der Waals surface area contributed by atoms with Gasteiger partial charge in [0.2, 0.25) is 5.91 Å². The van der Waals surface area contributed by atoms with Gasteiger partial charge in [-0.25, -0.2) is 13.8 Å². The van der Waals surface area contributed by atoms with Gasteiger partial charge in [-0.15, -0.1) is 11.8 Å². The molecule has 0 saturated heterocycles. The van der Waals surface area contributed by atoms with Gasteiger partial charge in [-0.3, -0.25) is 9.59 Å². The second kappa shape index (κ2) is 9.64. The van der Waals surface area contributed by atoms with E-state index < -0.39 is 17.5 Å². The molecule has 0 radical (unpaired) electrons. The summed E-state index contributed by atoms with van der Waals surface area (Å²) in [4.78, 5) is 28.6. The summed E-state index contributed by atoms with van der Waals surface area (Å²) in [5.74, 6) is -2.42. The van der Waals surface area contributed by atoms with Crippen molar-refractivity contribution in [2.45, 2.75) is 30.7 Å². The number of pyridine rings is 1. The number of anilines is 1. The number of benzene rings is 1. The number of halogens is 2. The van der Waals surface area contributed by atoms with E-state index in [1.54, 1.807) is 6.20 Å². The summed E-state index contributed by atoms with van der Waals surface area (Å²) in [5, 5.41) is 5.91. The van der Waals surface area contributed by atoms with Gasteiger partial charge < -0.3 is 10.6 Å². The van der Waals surface area contributed by atoms with Crippen molar-refractivity contribution in [1.82, 2.24) is 10.3 Å². The van der Waals surface area contributed by atoms with Crippen LogP contribution >= 0.6 is 11.8 Å². The van der Waals surface area contributed by atoms with Gasteiger partial charge in [0, 0.05) is 30.5 Å². The predicted molar refractivity (Wildman–Crippen MR) is 104 cm³/mol. The lowest BCUT2D eigenvalue weighted by atomic mass is 10.1. The average molecular weight is 405 g/mol. The maximum absolute atomic E-state index is 14.1. The lowest BCUT2D eigenvalue weighted by Crippen LogP contribution is -2.27. The van der Waals surface area contributed by atoms with E-state index in [0.29, 0.717) is 18.4 Å². The molecule has 1 aromatic heterocycles. The standard InChI is InChI=1S/C20H21F2N3O2S/c21-15-12-16(22)17(25-19(26)13-5-1-2-6-13)11-14(15)20(27)24-9-10-28-18-7-3-4-8-23-18/h3-4,7-8,11-13H,1-2,5-6,9-10H2,(H,24,27)(H,25,26). The van der Waals surface area contributed by atoms with Crippen LogP contribution in [0.4, 0.5) is 14.5 Å². The first-order valence-electron chi connectivity index (χ1n) is 9.16. The Bertz CT molecular complexity index is 843. The normalized spacial score (nSPS) is 14.1. The minimum absolute atomic E-state index is 0.162. The fourth-order valence-electron chi connectivity index (χ4n) is 3.09. The van der Waals surface area contributed by atoms with Gasteiger partial charge in [-0.1, -0.05) is 18.9 Å². The highest BCUT2D eigenvalue weighted by molar-refractivity contribution is 7.99. The highest BCUT2D eigenvalue weighted by Gasteiger charge is 2.24. The van der Waals surface area contributed by atoms with E-state index in [-0.39, 0.29) is 23.1 Å². The topological polar surface area (TPSA) is 71.1 Å². The third-order valence-electron chi connectivity index (χ3n) is 4.56. The van der Waals surface area contributed by atoms with Crippen LogP contribution in [0, 0.1) is 17.6 Å². The van der Waals surface area contributed by atoms with Gasteiger partial charge in [-0.05, 0) is 31.0 Å². The van der Waals surface area contributed by atoms with Crippen molar-refractivity contribution in [1.29, 1.82) is 0 Å². The molecule has 1 heterocycles. The molecule has 0 bridgehead atoms. The molecule has 1 aliphatic rings. The monoisotopic (exact) mass is 405 g/mol. The molecule has 2 aromatic rings. The number of hydrogen-bond acceptors (Lipinski definition) is 4. The summed E-state index contributed by atoms with van der Waals surface area (Å²) in [6.45, 7) is 0.292. The van der Waals surface area contributed by atoms with Crippen molar-refractivity contribution in [3.63, 3.8) is 0 Å². The van der Waals surface area contributed by atoms with Crippen molar-refractivity contribution in [3.8, 4) is 0 Å². The molecular formula is C20H21F2N3O2S. The summed E-state index contributed by atoms with van der Waals surface area (Å²) >= 11 is 1.45. The molecule has 0 atom stereocenters. The molecule has 1 aromatic carbocycles. The minimum atomic E-state index is -0.966. The molecule has 2 N–H and O–H groups in total. The van der Waals surface area contributed by atoms with Crippen LogP contribution in [0.5, 0.6) is 0 Å². The lowest BCUT2D eigenvalue weighted by molar-refractivity contribution is -0.119. The Kier molecular flexibility index (Phi) is 6.97. The van der Waals surface area contributed by atoms with Crippen LogP contribution in [0.2, 0.25) is 0 Å². The Balaban J connectivity index is 1.58. The zero-order chi connectivity index (χ0) is 19.9. The molecular weight excluding hydrogens is 384 g/mol. The molecule has 28 heavy (non-hydrogen) atoms. The molecule has 2 amide bonds. The summed E-state index contributed by atoms with van der Waals surface area (Å²) in [5.41, 5.74) is -0.475. The quantitative estimate of drug-likeness (QED) is 0.539. The van der Waals surface area contributed by atoms with Gasteiger partial charge in [0.1, 0.15) is 11.6 Å². The van der Waals surface area contributed by atoms with Crippen LogP contribution in [0.25, 0.3) is 0 Å². The number of rotatable bonds is 7. The van der Waals surface area contributed by atoms with E-state index in [2.05, 4.69) is 15.6 Å². The fraction of sp³-hybridized carbons (Fsp3) is 0.350. The third kappa shape index (κ3) is 5.28. The summed E-state index contributed by atoms with van der Waals surface area (Å²) in [7, 11) is 0. The Morgan fingerprint density at radius 1 is 1.14 bits per heavy atom. The fourth-order valence-corrected chi connectivity index (χ4v) is 3.81. The van der Waals surface area contributed by atoms with E-state index in [1.807, 2.05) is 18.2 Å². The second-order valence-electron chi connectivity index (χ2n) is 6.55. The SMILES string of the molecule is O=C(NCCSc1ccccn1)c1cc(NC(=O)C2CCCC2)c(F)cc1F. The van der Waals surface area contributed by atoms with Crippen molar-refractivity contribution in [2.75, 3.05) is 17.6 Å². The number of carbonyl (C=O) groups is 2. The molecule has 0 spiro atoms. The molecule has 1 saturated carbocycles. The molecule has 1 aliphatic carbocycles. The van der Waals surface area contributed by atoms with Crippen molar-refractivity contribution >= 4 is 29.3 Å². The zero-order valence-corrected chi connectivity index (χ0v) is 16.0. The number of thioether (sulfide) groups is 1. The third-order valence-corrected chi connectivity index (χ3v) is 5.51. The Morgan fingerprint density at radius 2 is 1.93 bits per heavy atom. The molecule has 0 unspecified atom stereocenters. The Labute approximate surface area is 166 Å². The first-order valence-corrected chi connectivity index (χ1v) is 10.1. The number of carbonyl (C=O) groups excluding carboxylic acids is 2. The van der Waals surface area contributed by atoms with Crippen LogP contribution in [0.1, 0.15) is 36.0 Å². The first kappa shape index (κ1) is 20.3. The molecule has 5 nitrogen and oxygen atoms in total. The highest BCUT2D eigenvalue weighted by Crippen LogP contribution is 2.27. The van der Waals surface area contributed by atoms with E-state index in [1.165, 1.54) is 11.8 Å². The first-order chi connectivity index (χ1) is 13.5. The Hall–Kier alpha value is -2.48. The Morgan fingerprint density at radius 3 is 2.64 bits per heavy atom. The zero-order valence-electron chi connectivity index (χ0n) is 15.2. The number of aromatic nitrogens is 1. The number of nitrogens with zero attached hydrogens (tertiary/aromatic N) is 1. The molecule has 148 valence electrons. The van der Waals surface area contributed by atoms with Gasteiger partial charge in [0.15, 0.2) is 0 Å². The van der Waals surface area contributed by atoms with E-state index >= 15 is 0 Å². The van der Waals surface area contributed by atoms with Crippen molar-refractivity contribution in [2.24, 2.45) is 5.92 Å². The minimum Gasteiger partial charge on any atom is -0.351 e. The molecule has 0 aliphatic heterocycles. The summed E-state index contributed by atoms with van der Waals surface area (Å²) in [6, 6.07) is 7.21. The predicted octanol–water partition coefficient (Wildman–Crippen LogP) is 4.01. The number of nitrogens with one attached hydrogen (secondary N) is 2. The molecule has 8 heteroatoms. The van der Waals surface area contributed by atoms with Gasteiger partial charge in [0.05, 0.1) is 16.3 Å². The van der Waals surface area contributed by atoms with E-state index in [4.69, 9.17) is 0 Å². The van der Waals surface area contributed by atoms with Crippen LogP contribution < -0.4 is 10.6 Å². The van der Waals surface area contributed by atoms with Crippen molar-refractivity contribution < 1.29 is 18.4 Å². The van der Waals surface area contributed by atoms with E-state index in [0.717, 1.165) is 36.8 Å². The van der Waals surface area contributed by atoms with Crippen LogP contribution in [-0.4, -0.2) is 29.1 Å². The van der Waals surface area contributed by atoms with Crippen LogP contribution in [0.3, 0.4) is 0 Å². The van der Waals surface area contributed by atoms with Gasteiger partial charge >= 0.3 is 0 Å². The summed E-state index contributed by atoms with van der Waals surface area (Å²) < 4.78 is 28.1. The van der Waals surface area contributed by atoms with Crippen LogP contribution in [0.15, 0.2) is 41.6 Å². The summed E-state index contributed by atoms with van der Waals surface area (Å²) in [6.07, 6.45) is 5.13.